The Morgan fingerprint density at radius 1 is 1.14 bits per heavy atom. The largest absolute Gasteiger partial charge is 0.396 e. The molecule has 5 atom stereocenters. The lowest BCUT2D eigenvalue weighted by molar-refractivity contribution is -0.129. The van der Waals surface area contributed by atoms with Gasteiger partial charge in [-0.1, -0.05) is 35.4 Å². The third-order valence-corrected chi connectivity index (χ3v) is 9.45. The van der Waals surface area contributed by atoms with Crippen LogP contribution in [0.2, 0.25) is 0 Å². The topological polar surface area (TPSA) is 153 Å². The summed E-state index contributed by atoms with van der Waals surface area (Å²) >= 11 is 0. The summed E-state index contributed by atoms with van der Waals surface area (Å²) in [5.41, 5.74) is 0. The second-order valence-electron chi connectivity index (χ2n) is 9.58. The number of carbonyl (C=O) groups is 4. The molecule has 202 valence electrons. The number of Topliss-reactive ketones (excluding diaryl/α,β-unsaturated/α-hetero) is 4. The molecule has 0 aromatic heterocycles. The first kappa shape index (κ1) is 32.2. The molecular weight excluding hydrogens is 492 g/mol. The quantitative estimate of drug-likeness (QED) is 0.168. The number of hydrogen-bond acceptors (Lipinski definition) is 11. The number of aliphatic hydroxyl groups is 3. The molecule has 2 unspecified atom stereocenters. The SMILES string of the molecule is CNCC[C@H](NCC(=O)CC[C@H]1CC(C(=O)[C@@H](O)C(C)C)SSC(CC(CO)CO)C1=O)C(C)=O. The molecule has 1 saturated heterocycles. The Balaban J connectivity index is 2.88. The van der Waals surface area contributed by atoms with Crippen LogP contribution in [0, 0.1) is 17.8 Å². The molecule has 0 amide bonds. The highest BCUT2D eigenvalue weighted by Gasteiger charge is 2.39. The second kappa shape index (κ2) is 16.8. The van der Waals surface area contributed by atoms with Gasteiger partial charge >= 0.3 is 0 Å². The third-order valence-electron chi connectivity index (χ3n) is 6.30. The van der Waals surface area contributed by atoms with Crippen LogP contribution in [0.25, 0.3) is 0 Å². The summed E-state index contributed by atoms with van der Waals surface area (Å²) in [6.45, 7) is 5.15. The first-order valence-corrected chi connectivity index (χ1v) is 14.5. The first-order valence-electron chi connectivity index (χ1n) is 12.2. The molecule has 0 aromatic rings. The van der Waals surface area contributed by atoms with Gasteiger partial charge in [0.15, 0.2) is 5.78 Å². The van der Waals surface area contributed by atoms with E-state index in [9.17, 15) is 34.5 Å². The summed E-state index contributed by atoms with van der Waals surface area (Å²) in [7, 11) is 4.30. The maximum absolute atomic E-state index is 13.3. The molecule has 35 heavy (non-hydrogen) atoms. The summed E-state index contributed by atoms with van der Waals surface area (Å²) in [6.07, 6.45) is 0.332. The normalized spacial score (nSPS) is 22.8. The Morgan fingerprint density at radius 2 is 1.80 bits per heavy atom. The zero-order valence-electron chi connectivity index (χ0n) is 21.2. The van der Waals surface area contributed by atoms with Gasteiger partial charge < -0.3 is 26.0 Å². The highest BCUT2D eigenvalue weighted by Crippen LogP contribution is 2.44. The van der Waals surface area contributed by atoms with Crippen molar-refractivity contribution in [1.82, 2.24) is 10.6 Å². The van der Waals surface area contributed by atoms with Crippen molar-refractivity contribution in [3.63, 3.8) is 0 Å². The fraction of sp³-hybridized carbons (Fsp3) is 0.833. The van der Waals surface area contributed by atoms with Crippen molar-refractivity contribution in [2.24, 2.45) is 17.8 Å². The fourth-order valence-electron chi connectivity index (χ4n) is 3.86. The van der Waals surface area contributed by atoms with E-state index in [1.54, 1.807) is 20.9 Å². The van der Waals surface area contributed by atoms with E-state index in [-0.39, 0.29) is 74.5 Å². The van der Waals surface area contributed by atoms with Crippen molar-refractivity contribution in [1.29, 1.82) is 0 Å². The molecule has 5 N–H and O–H groups in total. The van der Waals surface area contributed by atoms with Crippen molar-refractivity contribution in [3.05, 3.63) is 0 Å². The monoisotopic (exact) mass is 534 g/mol. The van der Waals surface area contributed by atoms with Gasteiger partial charge in [-0.15, -0.1) is 0 Å². The molecule has 1 rings (SSSR count). The summed E-state index contributed by atoms with van der Waals surface area (Å²) in [6, 6.07) is -0.420. The average Bonchev–Trinajstić information content (AvgIpc) is 2.98. The van der Waals surface area contributed by atoms with Crippen LogP contribution in [0.1, 0.15) is 52.9 Å². The van der Waals surface area contributed by atoms with Crippen molar-refractivity contribution in [3.8, 4) is 0 Å². The van der Waals surface area contributed by atoms with Crippen molar-refractivity contribution in [2.75, 3.05) is 33.4 Å². The molecule has 11 heteroatoms. The van der Waals surface area contributed by atoms with Crippen molar-refractivity contribution >= 4 is 44.7 Å². The van der Waals surface area contributed by atoms with E-state index < -0.39 is 34.5 Å². The van der Waals surface area contributed by atoms with Crippen molar-refractivity contribution < 1.29 is 34.5 Å². The van der Waals surface area contributed by atoms with Crippen LogP contribution in [-0.2, 0) is 19.2 Å². The van der Waals surface area contributed by atoms with E-state index in [0.29, 0.717) is 13.0 Å². The molecule has 0 aliphatic carbocycles. The van der Waals surface area contributed by atoms with Gasteiger partial charge in [-0.2, -0.15) is 0 Å². The lowest BCUT2D eigenvalue weighted by atomic mass is 9.86. The van der Waals surface area contributed by atoms with E-state index in [0.717, 1.165) is 0 Å². The molecule has 0 spiro atoms. The number of ketones is 4. The number of carbonyl (C=O) groups excluding carboxylic acids is 4. The molecule has 1 aliphatic rings. The Bertz CT molecular complexity index is 703. The number of aliphatic hydroxyl groups excluding tert-OH is 3. The second-order valence-corrected chi connectivity index (χ2v) is 12.3. The van der Waals surface area contributed by atoms with Gasteiger partial charge in [0, 0.05) is 31.5 Å². The minimum Gasteiger partial charge on any atom is -0.396 e. The molecule has 9 nitrogen and oxygen atoms in total. The summed E-state index contributed by atoms with van der Waals surface area (Å²) in [5, 5.41) is 34.1. The number of hydrogen-bond donors (Lipinski definition) is 5. The lowest BCUT2D eigenvalue weighted by Gasteiger charge is -2.22. The molecule has 0 saturated carbocycles. The van der Waals surface area contributed by atoms with Gasteiger partial charge in [0.2, 0.25) is 0 Å². The zero-order valence-corrected chi connectivity index (χ0v) is 22.8. The molecule has 1 heterocycles. The molecule has 0 radical (unpaired) electrons. The van der Waals surface area contributed by atoms with E-state index >= 15 is 0 Å². The van der Waals surface area contributed by atoms with Gasteiger partial charge in [-0.05, 0) is 52.1 Å². The Hall–Kier alpha value is -0.820. The fourth-order valence-corrected chi connectivity index (χ4v) is 7.16. The van der Waals surface area contributed by atoms with Gasteiger partial charge in [0.1, 0.15) is 23.5 Å². The Kier molecular flexibility index (Phi) is 15.5. The molecular formula is C24H42N2O7S2. The summed E-state index contributed by atoms with van der Waals surface area (Å²) < 4.78 is 0. The maximum Gasteiger partial charge on any atom is 0.175 e. The predicted octanol–water partition coefficient (Wildman–Crippen LogP) is 0.777. The van der Waals surface area contributed by atoms with Crippen molar-refractivity contribution in [2.45, 2.75) is 75.5 Å². The predicted molar refractivity (Wildman–Crippen MR) is 139 cm³/mol. The number of rotatable bonds is 17. The maximum atomic E-state index is 13.3. The molecule has 1 fully saturated rings. The van der Waals surface area contributed by atoms with Crippen LogP contribution in [0.15, 0.2) is 0 Å². The summed E-state index contributed by atoms with van der Waals surface area (Å²) in [4.78, 5) is 50.5. The van der Waals surface area contributed by atoms with E-state index in [1.165, 1.54) is 28.5 Å². The van der Waals surface area contributed by atoms with E-state index in [2.05, 4.69) is 10.6 Å². The summed E-state index contributed by atoms with van der Waals surface area (Å²) in [5.74, 6) is -1.83. The van der Waals surface area contributed by atoms with Crippen LogP contribution in [0.4, 0.5) is 0 Å². The van der Waals surface area contributed by atoms with Crippen LogP contribution in [-0.4, -0.2) is 94.4 Å². The van der Waals surface area contributed by atoms with Crippen LogP contribution >= 0.6 is 21.6 Å². The molecule has 0 bridgehead atoms. The number of nitrogens with one attached hydrogen (secondary N) is 2. The van der Waals surface area contributed by atoms with E-state index in [4.69, 9.17) is 0 Å². The van der Waals surface area contributed by atoms with Crippen LogP contribution < -0.4 is 10.6 Å². The van der Waals surface area contributed by atoms with Crippen LogP contribution in [0.5, 0.6) is 0 Å². The van der Waals surface area contributed by atoms with E-state index in [1.807, 2.05) is 0 Å². The minimum atomic E-state index is -1.13. The molecule has 0 aromatic carbocycles. The smallest absolute Gasteiger partial charge is 0.175 e. The molecule has 1 aliphatic heterocycles. The first-order chi connectivity index (χ1) is 16.5. The van der Waals surface area contributed by atoms with Gasteiger partial charge in [0.05, 0.1) is 23.1 Å². The average molecular weight is 535 g/mol. The zero-order chi connectivity index (χ0) is 26.5. The van der Waals surface area contributed by atoms with Gasteiger partial charge in [-0.3, -0.25) is 19.2 Å². The highest BCUT2D eigenvalue weighted by molar-refractivity contribution is 8.77. The third kappa shape index (κ3) is 11.0. The van der Waals surface area contributed by atoms with Gasteiger partial charge in [-0.25, -0.2) is 0 Å². The van der Waals surface area contributed by atoms with Gasteiger partial charge in [0.25, 0.3) is 0 Å². The highest BCUT2D eigenvalue weighted by atomic mass is 33.1. The Labute approximate surface area is 216 Å². The minimum absolute atomic E-state index is 0.0212. The van der Waals surface area contributed by atoms with Crippen LogP contribution in [0.3, 0.4) is 0 Å². The Morgan fingerprint density at radius 3 is 2.34 bits per heavy atom. The lowest BCUT2D eigenvalue weighted by Crippen LogP contribution is -2.40. The standard InChI is InChI=1S/C24H42N2O7S2/c1-14(2)22(31)24(33)21-10-17(23(32)20(34-35-21)9-16(12-27)13-28)5-6-18(30)11-26-19(15(3)29)7-8-25-4/h14,16-17,19-22,25-28,31H,5-13H2,1-4H3/t17-,19-,20?,21?,22-/m0/s1.